The highest BCUT2D eigenvalue weighted by atomic mass is 19.1. The summed E-state index contributed by atoms with van der Waals surface area (Å²) in [5.41, 5.74) is 3.74. The molecule has 0 N–H and O–H groups in total. The molecule has 0 heterocycles. The number of carbonyl (C=O) groups excluding carboxylic acids is 1. The molecule has 0 aliphatic heterocycles. The van der Waals surface area contributed by atoms with Gasteiger partial charge in [0, 0.05) is 0 Å². The van der Waals surface area contributed by atoms with Crippen LogP contribution in [0.4, 0.5) is 8.78 Å². The van der Waals surface area contributed by atoms with E-state index >= 15 is 0 Å². The van der Waals surface area contributed by atoms with E-state index < -0.39 is 0 Å². The van der Waals surface area contributed by atoms with Crippen molar-refractivity contribution in [2.24, 2.45) is 5.92 Å². The lowest BCUT2D eigenvalue weighted by molar-refractivity contribution is -0.104. The summed E-state index contributed by atoms with van der Waals surface area (Å²) in [6.45, 7) is 0. The van der Waals surface area contributed by atoms with Crippen LogP contribution in [-0.4, -0.2) is 6.29 Å². The normalized spacial score (nSPS) is 15.2. The first-order valence-corrected chi connectivity index (χ1v) is 9.07. The number of hydrogen-bond acceptors (Lipinski definition) is 1. The third kappa shape index (κ3) is 4.34. The fourth-order valence-corrected chi connectivity index (χ4v) is 3.71. The van der Waals surface area contributed by atoms with E-state index in [0.717, 1.165) is 54.2 Å². The molecule has 1 fully saturated rings. The Morgan fingerprint density at radius 1 is 0.808 bits per heavy atom. The van der Waals surface area contributed by atoms with E-state index in [1.54, 1.807) is 24.3 Å². The van der Waals surface area contributed by atoms with Gasteiger partial charge >= 0.3 is 0 Å². The maximum Gasteiger partial charge on any atom is 0.142 e. The molecule has 0 atom stereocenters. The molecular formula is C23H22F2O. The van der Waals surface area contributed by atoms with Crippen molar-refractivity contribution < 1.29 is 13.6 Å². The first-order chi connectivity index (χ1) is 12.7. The topological polar surface area (TPSA) is 17.1 Å². The highest BCUT2D eigenvalue weighted by molar-refractivity contribution is 5.84. The summed E-state index contributed by atoms with van der Waals surface area (Å²) in [4.78, 5) is 11.0. The van der Waals surface area contributed by atoms with Crippen LogP contribution in [0.15, 0.2) is 66.3 Å². The molecule has 1 nitrogen and oxygen atoms in total. The average Bonchev–Trinajstić information content (AvgIpc) is 2.68. The Balaban J connectivity index is 2.20. The third-order valence-electron chi connectivity index (χ3n) is 4.95. The van der Waals surface area contributed by atoms with Gasteiger partial charge in [-0.1, -0.05) is 49.6 Å². The first kappa shape index (κ1) is 18.2. The molecule has 0 bridgehead atoms. The Hall–Kier alpha value is -2.55. The number of aldehydes is 1. The molecule has 0 amide bonds. The van der Waals surface area contributed by atoms with Crippen LogP contribution in [0.5, 0.6) is 0 Å². The van der Waals surface area contributed by atoms with Crippen LogP contribution in [0.2, 0.25) is 0 Å². The van der Waals surface area contributed by atoms with E-state index in [2.05, 4.69) is 0 Å². The fraction of sp³-hybridized carbons (Fsp3) is 0.261. The van der Waals surface area contributed by atoms with Gasteiger partial charge < -0.3 is 0 Å². The highest BCUT2D eigenvalue weighted by Crippen LogP contribution is 2.38. The summed E-state index contributed by atoms with van der Waals surface area (Å²) >= 11 is 0. The third-order valence-corrected chi connectivity index (χ3v) is 4.95. The Kier molecular flexibility index (Phi) is 6.11. The standard InChI is InChI=1S/C23H22F2O/c24-20-12-8-18(9-13-20)23(19-10-14-21(25)15-11-19)22(7-4-16-26)17-5-2-1-3-6-17/h4,7-17H,1-3,5-6H2. The Labute approximate surface area is 153 Å². The molecule has 3 heteroatoms. The predicted molar refractivity (Wildman–Crippen MR) is 101 cm³/mol. The molecule has 26 heavy (non-hydrogen) atoms. The minimum absolute atomic E-state index is 0.296. The van der Waals surface area contributed by atoms with Gasteiger partial charge in [-0.15, -0.1) is 0 Å². The van der Waals surface area contributed by atoms with Crippen LogP contribution in [-0.2, 0) is 4.79 Å². The Bertz CT molecular complexity index is 748. The molecule has 0 radical (unpaired) electrons. The van der Waals surface area contributed by atoms with Crippen molar-refractivity contribution >= 4 is 11.9 Å². The minimum Gasteiger partial charge on any atom is -0.299 e. The van der Waals surface area contributed by atoms with Gasteiger partial charge in [0.2, 0.25) is 0 Å². The van der Waals surface area contributed by atoms with Crippen molar-refractivity contribution in [1.82, 2.24) is 0 Å². The summed E-state index contributed by atoms with van der Waals surface area (Å²) in [5.74, 6) is -0.255. The number of halogens is 2. The zero-order valence-electron chi connectivity index (χ0n) is 14.6. The number of benzene rings is 2. The second-order valence-corrected chi connectivity index (χ2v) is 6.67. The summed E-state index contributed by atoms with van der Waals surface area (Å²) in [7, 11) is 0. The van der Waals surface area contributed by atoms with Gasteiger partial charge in [0.15, 0.2) is 0 Å². The van der Waals surface area contributed by atoms with E-state index in [1.807, 2.05) is 6.08 Å². The molecule has 0 aromatic heterocycles. The van der Waals surface area contributed by atoms with Crippen LogP contribution in [0.1, 0.15) is 43.2 Å². The van der Waals surface area contributed by atoms with E-state index in [0.29, 0.717) is 5.92 Å². The Morgan fingerprint density at radius 3 is 1.77 bits per heavy atom. The molecule has 2 aromatic rings. The maximum absolute atomic E-state index is 13.4. The van der Waals surface area contributed by atoms with Gasteiger partial charge in [0.1, 0.15) is 17.9 Å². The van der Waals surface area contributed by atoms with Crippen molar-refractivity contribution in [3.05, 3.63) is 89.0 Å². The molecule has 1 saturated carbocycles. The van der Waals surface area contributed by atoms with Crippen molar-refractivity contribution in [3.63, 3.8) is 0 Å². The second kappa shape index (κ2) is 8.70. The van der Waals surface area contributed by atoms with E-state index in [9.17, 15) is 13.6 Å². The number of rotatable bonds is 5. The summed E-state index contributed by atoms with van der Waals surface area (Å²) in [6, 6.07) is 12.7. The van der Waals surface area contributed by atoms with Gasteiger partial charge in [-0.3, -0.25) is 4.79 Å². The van der Waals surface area contributed by atoms with E-state index in [4.69, 9.17) is 0 Å². The average molecular weight is 352 g/mol. The van der Waals surface area contributed by atoms with Crippen molar-refractivity contribution in [2.45, 2.75) is 32.1 Å². The second-order valence-electron chi connectivity index (χ2n) is 6.67. The largest absolute Gasteiger partial charge is 0.299 e. The van der Waals surface area contributed by atoms with Gasteiger partial charge in [0.25, 0.3) is 0 Å². The predicted octanol–water partition coefficient (Wildman–Crippen LogP) is 6.10. The summed E-state index contributed by atoms with van der Waals surface area (Å²) < 4.78 is 26.9. The lowest BCUT2D eigenvalue weighted by Crippen LogP contribution is -2.10. The van der Waals surface area contributed by atoms with Gasteiger partial charge in [-0.25, -0.2) is 8.78 Å². The van der Waals surface area contributed by atoms with E-state index in [-0.39, 0.29) is 11.6 Å². The van der Waals surface area contributed by atoms with Crippen LogP contribution in [0, 0.1) is 17.6 Å². The lowest BCUT2D eigenvalue weighted by atomic mass is 9.79. The molecule has 3 rings (SSSR count). The summed E-state index contributed by atoms with van der Waals surface area (Å²) in [6.07, 6.45) is 9.81. The number of allylic oxidation sites excluding steroid dienone is 3. The zero-order chi connectivity index (χ0) is 18.4. The Morgan fingerprint density at radius 2 is 1.31 bits per heavy atom. The van der Waals surface area contributed by atoms with Crippen LogP contribution in [0.25, 0.3) is 5.57 Å². The summed E-state index contributed by atoms with van der Waals surface area (Å²) in [5, 5.41) is 0. The smallest absolute Gasteiger partial charge is 0.142 e. The number of carbonyl (C=O) groups is 1. The minimum atomic E-state index is -0.296. The zero-order valence-corrected chi connectivity index (χ0v) is 14.6. The van der Waals surface area contributed by atoms with Gasteiger partial charge in [0.05, 0.1) is 0 Å². The fourth-order valence-electron chi connectivity index (χ4n) is 3.71. The van der Waals surface area contributed by atoms with E-state index in [1.165, 1.54) is 36.8 Å². The molecular weight excluding hydrogens is 330 g/mol. The molecule has 0 unspecified atom stereocenters. The van der Waals surface area contributed by atoms with Crippen LogP contribution >= 0.6 is 0 Å². The molecule has 0 saturated heterocycles. The van der Waals surface area contributed by atoms with Crippen molar-refractivity contribution in [3.8, 4) is 0 Å². The molecule has 0 spiro atoms. The monoisotopic (exact) mass is 352 g/mol. The van der Waals surface area contributed by atoms with Crippen molar-refractivity contribution in [2.75, 3.05) is 0 Å². The molecule has 2 aromatic carbocycles. The van der Waals surface area contributed by atoms with Crippen LogP contribution < -0.4 is 0 Å². The first-order valence-electron chi connectivity index (χ1n) is 9.07. The lowest BCUT2D eigenvalue weighted by Gasteiger charge is -2.26. The van der Waals surface area contributed by atoms with Crippen LogP contribution in [0.3, 0.4) is 0 Å². The van der Waals surface area contributed by atoms with Gasteiger partial charge in [-0.2, -0.15) is 0 Å². The SMILES string of the molecule is O=CC=CC(=C(c1ccc(F)cc1)c1ccc(F)cc1)C1CCCCC1. The highest BCUT2D eigenvalue weighted by Gasteiger charge is 2.21. The quantitative estimate of drug-likeness (QED) is 0.361. The van der Waals surface area contributed by atoms with Gasteiger partial charge in [-0.05, 0) is 71.4 Å². The van der Waals surface area contributed by atoms with Crippen molar-refractivity contribution in [1.29, 1.82) is 0 Å². The maximum atomic E-state index is 13.4. The molecule has 1 aliphatic carbocycles. The molecule has 134 valence electrons. The number of hydrogen-bond donors (Lipinski definition) is 0. The molecule has 1 aliphatic rings.